The highest BCUT2D eigenvalue weighted by Crippen LogP contribution is 2.29. The molecular weight excluding hydrogens is 264 g/mol. The molecule has 0 aromatic heterocycles. The van der Waals surface area contributed by atoms with Gasteiger partial charge in [-0.1, -0.05) is 13.3 Å². The molecule has 1 aliphatic heterocycles. The van der Waals surface area contributed by atoms with E-state index in [1.807, 2.05) is 6.92 Å². The van der Waals surface area contributed by atoms with Gasteiger partial charge >= 0.3 is 5.97 Å². The van der Waals surface area contributed by atoms with E-state index in [4.69, 9.17) is 4.74 Å². The third-order valence-corrected chi connectivity index (χ3v) is 5.15. The number of ether oxygens (including phenoxy) is 1. The van der Waals surface area contributed by atoms with Gasteiger partial charge in [-0.2, -0.15) is 0 Å². The summed E-state index contributed by atoms with van der Waals surface area (Å²) in [4.78, 5) is 14.9. The number of carbonyl (C=O) groups excluding carboxylic acids is 1. The third kappa shape index (κ3) is 4.19. The number of nitrogens with zero attached hydrogens (tertiary/aromatic N) is 1. The predicted octanol–water partition coefficient (Wildman–Crippen LogP) is 2.71. The van der Waals surface area contributed by atoms with E-state index in [1.54, 1.807) is 0 Å². The van der Waals surface area contributed by atoms with E-state index in [2.05, 4.69) is 24.1 Å². The fraction of sp³-hybridized carbons (Fsp3) is 0.941. The summed E-state index contributed by atoms with van der Waals surface area (Å²) in [6, 6.07) is 1.59. The zero-order valence-electron chi connectivity index (χ0n) is 14.2. The molecule has 122 valence electrons. The van der Waals surface area contributed by atoms with Gasteiger partial charge in [0.05, 0.1) is 7.11 Å². The average molecular weight is 296 g/mol. The van der Waals surface area contributed by atoms with Crippen molar-refractivity contribution in [3.8, 4) is 0 Å². The highest BCUT2D eigenvalue weighted by Gasteiger charge is 2.42. The molecule has 21 heavy (non-hydrogen) atoms. The van der Waals surface area contributed by atoms with Crippen LogP contribution in [0.1, 0.15) is 65.7 Å². The Morgan fingerprint density at radius 2 is 2.10 bits per heavy atom. The van der Waals surface area contributed by atoms with Crippen LogP contribution in [0, 0.1) is 0 Å². The first-order valence-electron chi connectivity index (χ1n) is 8.62. The molecule has 1 saturated heterocycles. The first-order valence-corrected chi connectivity index (χ1v) is 8.62. The van der Waals surface area contributed by atoms with Crippen molar-refractivity contribution in [2.45, 2.75) is 89.4 Å². The lowest BCUT2D eigenvalue weighted by molar-refractivity contribution is -0.149. The van der Waals surface area contributed by atoms with E-state index in [0.717, 1.165) is 6.42 Å². The Labute approximate surface area is 129 Å². The summed E-state index contributed by atoms with van der Waals surface area (Å²) >= 11 is 0. The quantitative estimate of drug-likeness (QED) is 0.734. The van der Waals surface area contributed by atoms with Gasteiger partial charge in [0.15, 0.2) is 0 Å². The lowest BCUT2D eigenvalue weighted by Gasteiger charge is -2.42. The Morgan fingerprint density at radius 1 is 1.38 bits per heavy atom. The van der Waals surface area contributed by atoms with Gasteiger partial charge in [0.25, 0.3) is 0 Å². The number of nitrogens with one attached hydrogen (secondary N) is 1. The fourth-order valence-electron chi connectivity index (χ4n) is 3.85. The van der Waals surface area contributed by atoms with Gasteiger partial charge in [0.2, 0.25) is 0 Å². The van der Waals surface area contributed by atoms with Crippen LogP contribution in [-0.4, -0.2) is 48.2 Å². The number of likely N-dealkylation sites (tertiary alicyclic amines) is 1. The Balaban J connectivity index is 2.02. The molecule has 2 fully saturated rings. The molecule has 2 rings (SSSR count). The molecule has 4 heteroatoms. The van der Waals surface area contributed by atoms with Crippen LogP contribution in [0.2, 0.25) is 0 Å². The van der Waals surface area contributed by atoms with Gasteiger partial charge in [0.1, 0.15) is 5.54 Å². The molecule has 1 N–H and O–H groups in total. The number of rotatable bonds is 7. The molecule has 2 aliphatic rings. The number of methoxy groups -OCH3 is 1. The van der Waals surface area contributed by atoms with Crippen LogP contribution in [0.5, 0.6) is 0 Å². The molecule has 4 nitrogen and oxygen atoms in total. The van der Waals surface area contributed by atoms with Crippen LogP contribution < -0.4 is 5.32 Å². The number of hydrogen-bond acceptors (Lipinski definition) is 4. The minimum Gasteiger partial charge on any atom is -0.468 e. The van der Waals surface area contributed by atoms with Gasteiger partial charge < -0.3 is 4.74 Å². The standard InChI is InChI=1S/C17H32N2O2/c1-5-15-8-6-7-11-19(15)13(2)12-17(3,16(20)21-4)18-14-9-10-14/h13-15,18H,5-12H2,1-4H3. The molecule has 3 unspecified atom stereocenters. The van der Waals surface area contributed by atoms with Gasteiger partial charge in [-0.05, 0) is 58.9 Å². The Bertz CT molecular complexity index is 357. The van der Waals surface area contributed by atoms with E-state index < -0.39 is 5.54 Å². The van der Waals surface area contributed by atoms with E-state index in [-0.39, 0.29) is 5.97 Å². The zero-order chi connectivity index (χ0) is 15.5. The molecule has 0 aromatic rings. The monoisotopic (exact) mass is 296 g/mol. The molecule has 0 spiro atoms. The Hall–Kier alpha value is -0.610. The molecule has 1 aliphatic carbocycles. The Morgan fingerprint density at radius 3 is 2.67 bits per heavy atom. The lowest BCUT2D eigenvalue weighted by Crippen LogP contribution is -2.56. The second-order valence-electron chi connectivity index (χ2n) is 7.09. The van der Waals surface area contributed by atoms with Crippen molar-refractivity contribution in [1.82, 2.24) is 10.2 Å². The smallest absolute Gasteiger partial charge is 0.325 e. The van der Waals surface area contributed by atoms with Crippen molar-refractivity contribution in [3.63, 3.8) is 0 Å². The fourth-order valence-corrected chi connectivity index (χ4v) is 3.85. The number of esters is 1. The molecule has 0 radical (unpaired) electrons. The van der Waals surface area contributed by atoms with Crippen molar-refractivity contribution in [2.75, 3.05) is 13.7 Å². The highest BCUT2D eigenvalue weighted by atomic mass is 16.5. The number of piperidine rings is 1. The number of carbonyl (C=O) groups is 1. The summed E-state index contributed by atoms with van der Waals surface area (Å²) in [5.74, 6) is -0.119. The first kappa shape index (κ1) is 16.8. The molecule has 0 aromatic carbocycles. The third-order valence-electron chi connectivity index (χ3n) is 5.15. The SMILES string of the molecule is CCC1CCCCN1C(C)CC(C)(NC1CC1)C(=O)OC. The summed E-state index contributed by atoms with van der Waals surface area (Å²) in [5.41, 5.74) is -0.551. The van der Waals surface area contributed by atoms with Gasteiger partial charge in [0, 0.05) is 18.1 Å². The second kappa shape index (κ2) is 7.10. The predicted molar refractivity (Wildman–Crippen MR) is 85.3 cm³/mol. The summed E-state index contributed by atoms with van der Waals surface area (Å²) in [5, 5.41) is 3.52. The maximum absolute atomic E-state index is 12.3. The summed E-state index contributed by atoms with van der Waals surface area (Å²) in [6.07, 6.45) is 8.32. The van der Waals surface area contributed by atoms with E-state index in [1.165, 1.54) is 52.2 Å². The van der Waals surface area contributed by atoms with Crippen molar-refractivity contribution < 1.29 is 9.53 Å². The van der Waals surface area contributed by atoms with Crippen LogP contribution in [0.4, 0.5) is 0 Å². The van der Waals surface area contributed by atoms with Crippen LogP contribution in [0.15, 0.2) is 0 Å². The minimum absolute atomic E-state index is 0.119. The molecular formula is C17H32N2O2. The Kier molecular flexibility index (Phi) is 5.67. The maximum Gasteiger partial charge on any atom is 0.325 e. The highest BCUT2D eigenvalue weighted by molar-refractivity contribution is 5.80. The normalized spacial score (nSPS) is 27.9. The molecule has 0 bridgehead atoms. The second-order valence-corrected chi connectivity index (χ2v) is 7.09. The number of hydrogen-bond donors (Lipinski definition) is 1. The van der Waals surface area contributed by atoms with Crippen molar-refractivity contribution in [2.24, 2.45) is 0 Å². The van der Waals surface area contributed by atoms with Crippen LogP contribution in [-0.2, 0) is 9.53 Å². The molecule has 0 amide bonds. The van der Waals surface area contributed by atoms with E-state index in [9.17, 15) is 4.79 Å². The average Bonchev–Trinajstić information content (AvgIpc) is 3.29. The van der Waals surface area contributed by atoms with Crippen molar-refractivity contribution in [3.05, 3.63) is 0 Å². The van der Waals surface area contributed by atoms with Crippen molar-refractivity contribution in [1.29, 1.82) is 0 Å². The van der Waals surface area contributed by atoms with Crippen LogP contribution in [0.3, 0.4) is 0 Å². The molecule has 3 atom stereocenters. The largest absolute Gasteiger partial charge is 0.468 e. The maximum atomic E-state index is 12.3. The van der Waals surface area contributed by atoms with Crippen LogP contribution >= 0.6 is 0 Å². The van der Waals surface area contributed by atoms with Gasteiger partial charge in [-0.25, -0.2) is 0 Å². The molecule has 1 saturated carbocycles. The van der Waals surface area contributed by atoms with Crippen LogP contribution in [0.25, 0.3) is 0 Å². The molecule has 1 heterocycles. The summed E-state index contributed by atoms with van der Waals surface area (Å²) in [6.45, 7) is 7.72. The summed E-state index contributed by atoms with van der Waals surface area (Å²) < 4.78 is 5.07. The first-order chi connectivity index (χ1) is 10.00. The lowest BCUT2D eigenvalue weighted by atomic mass is 9.89. The minimum atomic E-state index is -0.551. The zero-order valence-corrected chi connectivity index (χ0v) is 14.2. The van der Waals surface area contributed by atoms with E-state index >= 15 is 0 Å². The summed E-state index contributed by atoms with van der Waals surface area (Å²) in [7, 11) is 1.50. The topological polar surface area (TPSA) is 41.6 Å². The van der Waals surface area contributed by atoms with Gasteiger partial charge in [-0.3, -0.25) is 15.0 Å². The van der Waals surface area contributed by atoms with Gasteiger partial charge in [-0.15, -0.1) is 0 Å². The van der Waals surface area contributed by atoms with Crippen molar-refractivity contribution >= 4 is 5.97 Å². The van der Waals surface area contributed by atoms with E-state index in [0.29, 0.717) is 18.1 Å².